The van der Waals surface area contributed by atoms with Crippen LogP contribution in [0.5, 0.6) is 0 Å². The van der Waals surface area contributed by atoms with Gasteiger partial charge in [-0.05, 0) is 36.6 Å². The third kappa shape index (κ3) is 3.68. The van der Waals surface area contributed by atoms with Gasteiger partial charge in [0, 0.05) is 24.9 Å². The monoisotopic (exact) mass is 321 g/mol. The normalized spacial score (nSPS) is 10.6. The molecule has 0 aliphatic rings. The van der Waals surface area contributed by atoms with E-state index in [0.717, 1.165) is 22.4 Å². The van der Waals surface area contributed by atoms with Crippen LogP contribution in [0.4, 0.5) is 0 Å². The molecule has 122 valence electrons. The average Bonchev–Trinajstić information content (AvgIpc) is 3.04. The maximum absolute atomic E-state index is 12.2. The molecule has 0 saturated carbocycles. The first-order valence-electron chi connectivity index (χ1n) is 7.81. The summed E-state index contributed by atoms with van der Waals surface area (Å²) in [4.78, 5) is 20.5. The molecule has 0 atom stereocenters. The molecule has 1 amide bonds. The van der Waals surface area contributed by atoms with E-state index in [1.54, 1.807) is 12.4 Å². The number of nitrogens with zero attached hydrogens (tertiary/aromatic N) is 2. The number of nitrogens with one attached hydrogen (secondary N) is 1. The average molecular weight is 321 g/mol. The summed E-state index contributed by atoms with van der Waals surface area (Å²) in [7, 11) is 0. The highest BCUT2D eigenvalue weighted by Gasteiger charge is 2.14. The van der Waals surface area contributed by atoms with Gasteiger partial charge in [0.05, 0.1) is 6.20 Å². The molecule has 0 fully saturated rings. The summed E-state index contributed by atoms with van der Waals surface area (Å²) in [5, 5.41) is 2.84. The Kier molecular flexibility index (Phi) is 4.70. The van der Waals surface area contributed by atoms with Crippen molar-refractivity contribution < 1.29 is 9.21 Å². The molecular formula is C19H19N3O2. The Morgan fingerprint density at radius 3 is 2.67 bits per heavy atom. The van der Waals surface area contributed by atoms with Crippen molar-refractivity contribution in [3.8, 4) is 0 Å². The third-order valence-corrected chi connectivity index (χ3v) is 3.90. The number of rotatable bonds is 5. The van der Waals surface area contributed by atoms with Gasteiger partial charge in [-0.15, -0.1) is 0 Å². The molecule has 1 N–H and O–H groups in total. The van der Waals surface area contributed by atoms with Gasteiger partial charge in [-0.25, -0.2) is 4.98 Å². The van der Waals surface area contributed by atoms with Crippen LogP contribution in [-0.4, -0.2) is 15.9 Å². The largest absolute Gasteiger partial charge is 0.437 e. The highest BCUT2D eigenvalue weighted by Crippen LogP contribution is 2.12. The van der Waals surface area contributed by atoms with Gasteiger partial charge in [0.2, 0.25) is 0 Å². The first kappa shape index (κ1) is 15.9. The predicted molar refractivity (Wildman–Crippen MR) is 90.6 cm³/mol. The molecule has 0 radical (unpaired) electrons. The topological polar surface area (TPSA) is 68.0 Å². The van der Waals surface area contributed by atoms with Gasteiger partial charge in [-0.1, -0.05) is 30.3 Å². The lowest BCUT2D eigenvalue weighted by atomic mass is 10.1. The van der Waals surface area contributed by atoms with E-state index in [2.05, 4.69) is 15.3 Å². The van der Waals surface area contributed by atoms with Gasteiger partial charge in [0.25, 0.3) is 5.89 Å². The minimum atomic E-state index is -0.322. The lowest BCUT2D eigenvalue weighted by molar-refractivity contribution is 0.0914. The lowest BCUT2D eigenvalue weighted by Gasteiger charge is -2.08. The van der Waals surface area contributed by atoms with E-state index >= 15 is 0 Å². The second-order valence-electron chi connectivity index (χ2n) is 5.67. The van der Waals surface area contributed by atoms with Gasteiger partial charge in [0.1, 0.15) is 5.76 Å². The number of amides is 1. The summed E-state index contributed by atoms with van der Waals surface area (Å²) in [5.74, 6) is 0.428. The Hall–Kier alpha value is -2.95. The second-order valence-corrected chi connectivity index (χ2v) is 5.67. The van der Waals surface area contributed by atoms with Crippen LogP contribution in [-0.2, 0) is 13.0 Å². The highest BCUT2D eigenvalue weighted by atomic mass is 16.4. The number of hydrogen-bond acceptors (Lipinski definition) is 4. The van der Waals surface area contributed by atoms with Crippen molar-refractivity contribution in [2.45, 2.75) is 26.8 Å². The minimum Gasteiger partial charge on any atom is -0.437 e. The zero-order chi connectivity index (χ0) is 16.9. The lowest BCUT2D eigenvalue weighted by Crippen LogP contribution is -2.24. The van der Waals surface area contributed by atoms with Crippen molar-refractivity contribution in [3.05, 3.63) is 82.8 Å². The number of carbonyl (C=O) groups excluding carboxylic acids is 1. The maximum atomic E-state index is 12.2. The van der Waals surface area contributed by atoms with Crippen molar-refractivity contribution in [3.63, 3.8) is 0 Å². The molecule has 0 aliphatic heterocycles. The van der Waals surface area contributed by atoms with E-state index in [9.17, 15) is 4.79 Å². The van der Waals surface area contributed by atoms with Gasteiger partial charge in [0.15, 0.2) is 0 Å². The zero-order valence-corrected chi connectivity index (χ0v) is 13.7. The Balaban J connectivity index is 1.64. The quantitative estimate of drug-likeness (QED) is 0.783. The molecular weight excluding hydrogens is 302 g/mol. The van der Waals surface area contributed by atoms with Crippen LogP contribution in [0.2, 0.25) is 0 Å². The number of pyridine rings is 1. The number of oxazole rings is 1. The molecule has 5 heteroatoms. The molecule has 0 spiro atoms. The van der Waals surface area contributed by atoms with Crippen LogP contribution in [0.3, 0.4) is 0 Å². The molecule has 2 aromatic heterocycles. The van der Waals surface area contributed by atoms with Crippen LogP contribution < -0.4 is 5.32 Å². The Bertz CT molecular complexity index is 821. The highest BCUT2D eigenvalue weighted by molar-refractivity contribution is 5.89. The molecule has 0 bridgehead atoms. The summed E-state index contributed by atoms with van der Waals surface area (Å²) in [6, 6.07) is 11.9. The molecule has 0 saturated heterocycles. The SMILES string of the molecule is Cc1ccnc(C)c1CNC(=O)c1ncc(Cc2ccccc2)o1. The number of benzene rings is 1. The van der Waals surface area contributed by atoms with Crippen molar-refractivity contribution in [1.29, 1.82) is 0 Å². The Morgan fingerprint density at radius 1 is 1.12 bits per heavy atom. The Morgan fingerprint density at radius 2 is 1.92 bits per heavy atom. The van der Waals surface area contributed by atoms with Crippen LogP contribution in [0.1, 0.15) is 38.8 Å². The van der Waals surface area contributed by atoms with E-state index in [1.165, 1.54) is 0 Å². The summed E-state index contributed by atoms with van der Waals surface area (Å²) in [6.07, 6.45) is 3.98. The number of carbonyl (C=O) groups is 1. The fraction of sp³-hybridized carbons (Fsp3) is 0.211. The van der Waals surface area contributed by atoms with Crippen molar-refractivity contribution in [2.24, 2.45) is 0 Å². The second kappa shape index (κ2) is 7.08. The zero-order valence-electron chi connectivity index (χ0n) is 13.7. The van der Waals surface area contributed by atoms with E-state index in [4.69, 9.17) is 4.42 Å². The molecule has 3 aromatic rings. The van der Waals surface area contributed by atoms with Crippen molar-refractivity contribution in [1.82, 2.24) is 15.3 Å². The Labute approximate surface area is 140 Å². The molecule has 24 heavy (non-hydrogen) atoms. The fourth-order valence-electron chi connectivity index (χ4n) is 2.53. The van der Waals surface area contributed by atoms with Crippen LogP contribution in [0.25, 0.3) is 0 Å². The molecule has 0 unspecified atom stereocenters. The van der Waals surface area contributed by atoms with Crippen LogP contribution >= 0.6 is 0 Å². The van der Waals surface area contributed by atoms with Gasteiger partial charge < -0.3 is 9.73 Å². The smallest absolute Gasteiger partial charge is 0.307 e. The van der Waals surface area contributed by atoms with E-state index in [-0.39, 0.29) is 11.8 Å². The number of hydrogen-bond donors (Lipinski definition) is 1. The number of aromatic nitrogens is 2. The molecule has 3 rings (SSSR count). The fourth-order valence-corrected chi connectivity index (χ4v) is 2.53. The van der Waals surface area contributed by atoms with Gasteiger partial charge >= 0.3 is 5.91 Å². The summed E-state index contributed by atoms with van der Waals surface area (Å²) >= 11 is 0. The summed E-state index contributed by atoms with van der Waals surface area (Å²) in [5.41, 5.74) is 4.14. The molecule has 0 aliphatic carbocycles. The third-order valence-electron chi connectivity index (χ3n) is 3.90. The first-order chi connectivity index (χ1) is 11.6. The minimum absolute atomic E-state index is 0.0835. The van der Waals surface area contributed by atoms with Gasteiger partial charge in [-0.3, -0.25) is 9.78 Å². The predicted octanol–water partition coefficient (Wildman–Crippen LogP) is 3.21. The summed E-state index contributed by atoms with van der Waals surface area (Å²) < 4.78 is 5.56. The maximum Gasteiger partial charge on any atom is 0.307 e. The van der Waals surface area contributed by atoms with Crippen molar-refractivity contribution >= 4 is 5.91 Å². The first-order valence-corrected chi connectivity index (χ1v) is 7.81. The van der Waals surface area contributed by atoms with Crippen molar-refractivity contribution in [2.75, 3.05) is 0 Å². The van der Waals surface area contributed by atoms with E-state index < -0.39 is 0 Å². The van der Waals surface area contributed by atoms with Crippen LogP contribution in [0.15, 0.2) is 53.2 Å². The standard InChI is InChI=1S/C19H19N3O2/c1-13-8-9-20-14(2)17(13)12-21-18(23)19-22-11-16(24-19)10-15-6-4-3-5-7-15/h3-9,11H,10,12H2,1-2H3,(H,21,23). The molecule has 2 heterocycles. The summed E-state index contributed by atoms with van der Waals surface area (Å²) in [6.45, 7) is 4.33. The van der Waals surface area contributed by atoms with E-state index in [1.807, 2.05) is 50.2 Å². The number of aryl methyl sites for hydroxylation is 2. The van der Waals surface area contributed by atoms with E-state index in [0.29, 0.717) is 18.7 Å². The molecule has 1 aromatic carbocycles. The van der Waals surface area contributed by atoms with Crippen LogP contribution in [0, 0.1) is 13.8 Å². The molecule has 5 nitrogen and oxygen atoms in total. The van der Waals surface area contributed by atoms with Gasteiger partial charge in [-0.2, -0.15) is 0 Å².